The topological polar surface area (TPSA) is 27.3 Å². The number of nitrogens with zero attached hydrogens (tertiary/aromatic N) is 1. The summed E-state index contributed by atoms with van der Waals surface area (Å²) in [6.07, 6.45) is 4.41. The summed E-state index contributed by atoms with van der Waals surface area (Å²) in [5.74, 6) is 0.167. The van der Waals surface area contributed by atoms with Gasteiger partial charge in [-0.15, -0.1) is 0 Å². The lowest BCUT2D eigenvalue weighted by molar-refractivity contribution is 0.862. The Morgan fingerprint density at radius 1 is 0.477 bits per heavy atom. The van der Waals surface area contributed by atoms with E-state index < -0.39 is 0 Å². The molecule has 0 spiro atoms. The largest absolute Gasteiger partial charge is 0.385 e. The minimum absolute atomic E-state index is 0.167. The Kier molecular flexibility index (Phi) is 11.5. The van der Waals surface area contributed by atoms with Crippen LogP contribution in [0.5, 0.6) is 0 Å². The number of hydrogen-bond acceptors (Lipinski definition) is 3. The van der Waals surface area contributed by atoms with Crippen LogP contribution >= 0.6 is 0 Å². The maximum absolute atomic E-state index is 3.62. The van der Waals surface area contributed by atoms with Crippen molar-refractivity contribution in [3.8, 4) is 0 Å². The smallest absolute Gasteiger partial charge is 0.0366 e. The second-order valence-corrected chi connectivity index (χ2v) is 11.5. The average molecular weight is 582 g/mol. The zero-order valence-corrected chi connectivity index (χ0v) is 26.4. The average Bonchev–Trinajstić information content (AvgIpc) is 3.09. The maximum atomic E-state index is 3.62. The van der Waals surface area contributed by atoms with Crippen LogP contribution in [0, 0.1) is 0 Å². The summed E-state index contributed by atoms with van der Waals surface area (Å²) in [6.45, 7) is 8.38. The van der Waals surface area contributed by atoms with Crippen LogP contribution in [0.3, 0.4) is 0 Å². The van der Waals surface area contributed by atoms with Crippen molar-refractivity contribution in [2.75, 3.05) is 41.7 Å². The minimum atomic E-state index is 0.167. The quantitative estimate of drug-likeness (QED) is 0.0897. The number of aryl methyl sites for hydroxylation is 2. The van der Waals surface area contributed by atoms with Crippen LogP contribution in [0.15, 0.2) is 133 Å². The molecule has 3 nitrogen and oxygen atoms in total. The van der Waals surface area contributed by atoms with E-state index in [2.05, 4.69) is 163 Å². The molecule has 226 valence electrons. The van der Waals surface area contributed by atoms with Gasteiger partial charge >= 0.3 is 0 Å². The highest BCUT2D eigenvalue weighted by Crippen LogP contribution is 2.34. The van der Waals surface area contributed by atoms with Crippen molar-refractivity contribution in [3.05, 3.63) is 161 Å². The van der Waals surface area contributed by atoms with Gasteiger partial charge in [0.15, 0.2) is 0 Å². The molecule has 44 heavy (non-hydrogen) atoms. The van der Waals surface area contributed by atoms with Gasteiger partial charge in [0.05, 0.1) is 0 Å². The van der Waals surface area contributed by atoms with Crippen molar-refractivity contribution in [2.24, 2.45) is 0 Å². The number of benzene rings is 5. The fraction of sp³-hybridized carbons (Fsp3) is 0.268. The van der Waals surface area contributed by atoms with E-state index in [0.29, 0.717) is 0 Å². The number of hydrogen-bond donors (Lipinski definition) is 2. The van der Waals surface area contributed by atoms with Gasteiger partial charge < -0.3 is 15.5 Å². The molecule has 0 amide bonds. The second kappa shape index (κ2) is 16.4. The summed E-state index contributed by atoms with van der Waals surface area (Å²) in [6, 6.07) is 48.7. The van der Waals surface area contributed by atoms with Crippen molar-refractivity contribution in [2.45, 2.75) is 45.4 Å². The maximum Gasteiger partial charge on any atom is 0.0366 e. The SMILES string of the molecule is CCN(CC)c1ccc(C(c2ccc(NCCCc3ccccc3)cc2)c2ccc(NCCCc3ccccc3)cc2)cc1. The summed E-state index contributed by atoms with van der Waals surface area (Å²) in [5, 5.41) is 7.24. The zero-order chi connectivity index (χ0) is 30.4. The molecule has 0 heterocycles. The Balaban J connectivity index is 1.27. The molecule has 5 aromatic carbocycles. The summed E-state index contributed by atoms with van der Waals surface area (Å²) >= 11 is 0. The first-order chi connectivity index (χ1) is 21.7. The van der Waals surface area contributed by atoms with Crippen LogP contribution in [-0.2, 0) is 12.8 Å². The van der Waals surface area contributed by atoms with Crippen LogP contribution in [0.1, 0.15) is 60.4 Å². The van der Waals surface area contributed by atoms with Gasteiger partial charge in [0.1, 0.15) is 0 Å². The molecule has 0 aliphatic heterocycles. The van der Waals surface area contributed by atoms with Gasteiger partial charge in [0.2, 0.25) is 0 Å². The summed E-state index contributed by atoms with van der Waals surface area (Å²) < 4.78 is 0. The molecule has 0 aliphatic rings. The van der Waals surface area contributed by atoms with E-state index in [9.17, 15) is 0 Å². The summed E-state index contributed by atoms with van der Waals surface area (Å²) in [5.41, 5.74) is 10.3. The Morgan fingerprint density at radius 3 is 1.25 bits per heavy atom. The van der Waals surface area contributed by atoms with Gasteiger partial charge in [-0.1, -0.05) is 97.1 Å². The molecule has 0 aliphatic carbocycles. The van der Waals surface area contributed by atoms with E-state index in [-0.39, 0.29) is 5.92 Å². The molecule has 0 saturated carbocycles. The number of nitrogens with one attached hydrogen (secondary N) is 2. The molecule has 0 fully saturated rings. The van der Waals surface area contributed by atoms with Gasteiger partial charge in [-0.3, -0.25) is 0 Å². The van der Waals surface area contributed by atoms with Crippen molar-refractivity contribution in [1.82, 2.24) is 0 Å². The molecule has 5 rings (SSSR count). The fourth-order valence-corrected chi connectivity index (χ4v) is 5.97. The van der Waals surface area contributed by atoms with Crippen LogP contribution < -0.4 is 15.5 Å². The van der Waals surface area contributed by atoms with E-state index in [0.717, 1.165) is 51.9 Å². The van der Waals surface area contributed by atoms with Crippen LogP contribution in [0.2, 0.25) is 0 Å². The molecule has 0 unspecified atom stereocenters. The predicted molar refractivity (Wildman–Crippen MR) is 190 cm³/mol. The zero-order valence-electron chi connectivity index (χ0n) is 26.4. The van der Waals surface area contributed by atoms with E-state index >= 15 is 0 Å². The number of anilines is 3. The molecule has 3 heteroatoms. The second-order valence-electron chi connectivity index (χ2n) is 11.5. The molecule has 0 atom stereocenters. The minimum Gasteiger partial charge on any atom is -0.385 e. The lowest BCUT2D eigenvalue weighted by atomic mass is 9.85. The Hall–Kier alpha value is -4.50. The van der Waals surface area contributed by atoms with Crippen LogP contribution in [0.4, 0.5) is 17.1 Å². The molecular formula is C41H47N3. The monoisotopic (exact) mass is 581 g/mol. The molecule has 5 aromatic rings. The highest BCUT2D eigenvalue weighted by atomic mass is 15.1. The lowest BCUT2D eigenvalue weighted by Crippen LogP contribution is -2.21. The Labute approximate surface area is 265 Å². The third kappa shape index (κ3) is 8.76. The standard InChI is InChI=1S/C41H47N3/c1-3-44(4-2)40-29-23-37(24-30-40)41(35-19-25-38(26-20-35)42-31-11-17-33-13-7-5-8-14-33)36-21-27-39(28-22-36)43-32-12-18-34-15-9-6-10-16-34/h5-10,13-16,19-30,41-43H,3-4,11-12,17-18,31-32H2,1-2H3. The first-order valence-corrected chi connectivity index (χ1v) is 16.3. The first-order valence-electron chi connectivity index (χ1n) is 16.3. The molecule has 0 radical (unpaired) electrons. The highest BCUT2D eigenvalue weighted by molar-refractivity contribution is 5.55. The van der Waals surface area contributed by atoms with Gasteiger partial charge in [-0.25, -0.2) is 0 Å². The molecular weight excluding hydrogens is 534 g/mol. The highest BCUT2D eigenvalue weighted by Gasteiger charge is 2.17. The van der Waals surface area contributed by atoms with Gasteiger partial charge in [0.25, 0.3) is 0 Å². The lowest BCUT2D eigenvalue weighted by Gasteiger charge is -2.23. The molecule has 0 aromatic heterocycles. The third-order valence-electron chi connectivity index (χ3n) is 8.47. The molecule has 0 bridgehead atoms. The van der Waals surface area contributed by atoms with Gasteiger partial charge in [-0.2, -0.15) is 0 Å². The summed E-state index contributed by atoms with van der Waals surface area (Å²) in [4.78, 5) is 2.40. The number of rotatable bonds is 16. The summed E-state index contributed by atoms with van der Waals surface area (Å²) in [7, 11) is 0. The third-order valence-corrected chi connectivity index (χ3v) is 8.47. The Bertz CT molecular complexity index is 1400. The Morgan fingerprint density at radius 2 is 0.864 bits per heavy atom. The van der Waals surface area contributed by atoms with Crippen LogP contribution in [-0.4, -0.2) is 26.2 Å². The van der Waals surface area contributed by atoms with Crippen molar-refractivity contribution >= 4 is 17.1 Å². The van der Waals surface area contributed by atoms with Crippen LogP contribution in [0.25, 0.3) is 0 Å². The van der Waals surface area contributed by atoms with E-state index in [1.807, 2.05) is 0 Å². The molecule has 2 N–H and O–H groups in total. The van der Waals surface area contributed by atoms with E-state index in [1.54, 1.807) is 0 Å². The van der Waals surface area contributed by atoms with E-state index in [4.69, 9.17) is 0 Å². The van der Waals surface area contributed by atoms with E-state index in [1.165, 1.54) is 44.9 Å². The normalized spacial score (nSPS) is 11.0. The predicted octanol–water partition coefficient (Wildman–Crippen LogP) is 9.80. The van der Waals surface area contributed by atoms with Crippen molar-refractivity contribution in [3.63, 3.8) is 0 Å². The van der Waals surface area contributed by atoms with Gasteiger partial charge in [0, 0.05) is 49.2 Å². The first kappa shape index (κ1) is 30.9. The fourth-order valence-electron chi connectivity index (χ4n) is 5.97. The van der Waals surface area contributed by atoms with Gasteiger partial charge in [-0.05, 0) is 104 Å². The van der Waals surface area contributed by atoms with Crippen molar-refractivity contribution < 1.29 is 0 Å². The van der Waals surface area contributed by atoms with Crippen molar-refractivity contribution in [1.29, 1.82) is 0 Å². The molecule has 0 saturated heterocycles.